The molecule has 0 aliphatic rings. The molecule has 38 heavy (non-hydrogen) atoms. The summed E-state index contributed by atoms with van der Waals surface area (Å²) in [6.07, 6.45) is -10.9. The van der Waals surface area contributed by atoms with E-state index in [-0.39, 0.29) is 23.2 Å². The van der Waals surface area contributed by atoms with Crippen molar-refractivity contribution in [1.29, 1.82) is 0 Å². The molecule has 1 aromatic heterocycles. The second-order valence-electron chi connectivity index (χ2n) is 9.19. The Kier molecular flexibility index (Phi) is 8.06. The number of carbonyl (C=O) groups excluding carboxylic acids is 1. The van der Waals surface area contributed by atoms with Crippen LogP contribution in [0.15, 0.2) is 54.6 Å². The van der Waals surface area contributed by atoms with Gasteiger partial charge >= 0.3 is 18.6 Å². The van der Waals surface area contributed by atoms with Crippen molar-refractivity contribution in [1.82, 2.24) is 9.47 Å². The van der Waals surface area contributed by atoms with Gasteiger partial charge < -0.3 is 24.0 Å². The number of rotatable bonds is 7. The van der Waals surface area contributed by atoms with E-state index in [2.05, 4.69) is 4.74 Å². The van der Waals surface area contributed by atoms with Gasteiger partial charge in [0.05, 0.1) is 18.7 Å². The van der Waals surface area contributed by atoms with Gasteiger partial charge in [-0.05, 0) is 49.6 Å². The molecule has 1 N–H and O–H groups in total. The maximum atomic E-state index is 14.4. The van der Waals surface area contributed by atoms with Crippen molar-refractivity contribution in [2.45, 2.75) is 45.4 Å². The average molecular weight is 544 g/mol. The lowest BCUT2D eigenvalue weighted by molar-refractivity contribution is -0.274. The Balaban J connectivity index is 2.23. The van der Waals surface area contributed by atoms with E-state index in [9.17, 15) is 36.2 Å². The van der Waals surface area contributed by atoms with Crippen molar-refractivity contribution in [3.8, 4) is 22.8 Å². The number of carbonyl (C=O) groups is 1. The number of aliphatic hydroxyl groups excluding tert-OH is 1. The molecule has 1 amide bonds. The summed E-state index contributed by atoms with van der Waals surface area (Å²) in [7, 11) is 1.32. The molecule has 3 rings (SSSR count). The molecule has 0 fully saturated rings. The Bertz CT molecular complexity index is 1270. The molecule has 1 heterocycles. The first-order valence-corrected chi connectivity index (χ1v) is 11.3. The van der Waals surface area contributed by atoms with Gasteiger partial charge in [-0.25, -0.2) is 4.79 Å². The van der Waals surface area contributed by atoms with E-state index in [1.807, 2.05) is 0 Å². The highest BCUT2D eigenvalue weighted by Crippen LogP contribution is 2.45. The highest BCUT2D eigenvalue weighted by Gasteiger charge is 2.41. The fourth-order valence-corrected chi connectivity index (χ4v) is 3.77. The van der Waals surface area contributed by atoms with E-state index in [0.29, 0.717) is 5.56 Å². The predicted molar refractivity (Wildman–Crippen MR) is 127 cm³/mol. The van der Waals surface area contributed by atoms with E-state index < -0.39 is 48.1 Å². The third-order valence-electron chi connectivity index (χ3n) is 6.04. The first-order chi connectivity index (χ1) is 17.5. The maximum absolute atomic E-state index is 14.4. The molecule has 0 aliphatic heterocycles. The number of ether oxygens (including phenoxy) is 2. The summed E-state index contributed by atoms with van der Waals surface area (Å²) >= 11 is 0. The number of hydrogen-bond acceptors (Lipinski definition) is 4. The van der Waals surface area contributed by atoms with Gasteiger partial charge in [0.15, 0.2) is 0 Å². The molecule has 0 unspecified atom stereocenters. The van der Waals surface area contributed by atoms with Gasteiger partial charge in [0.2, 0.25) is 5.88 Å². The van der Waals surface area contributed by atoms with E-state index in [1.54, 1.807) is 30.3 Å². The minimum Gasteiger partial charge on any atom is -0.406 e. The van der Waals surface area contributed by atoms with Crippen molar-refractivity contribution in [2.75, 3.05) is 13.7 Å². The van der Waals surface area contributed by atoms with Gasteiger partial charge in [-0.1, -0.05) is 42.5 Å². The van der Waals surface area contributed by atoms with Gasteiger partial charge in [0, 0.05) is 12.6 Å². The van der Waals surface area contributed by atoms with E-state index in [0.717, 1.165) is 33.7 Å². The molecule has 12 heteroatoms. The van der Waals surface area contributed by atoms with Crippen LogP contribution in [0.1, 0.15) is 30.7 Å². The smallest absolute Gasteiger partial charge is 0.406 e. The Hall–Kier alpha value is -3.67. The summed E-state index contributed by atoms with van der Waals surface area (Å²) in [5, 5.41) is 9.63. The number of alkyl halides is 6. The maximum Gasteiger partial charge on any atom is 0.573 e. The van der Waals surface area contributed by atoms with Crippen LogP contribution in [0.4, 0.5) is 31.1 Å². The molecule has 3 aromatic rings. The number of aromatic nitrogens is 1. The summed E-state index contributed by atoms with van der Waals surface area (Å²) in [5.41, 5.74) is -2.05. The number of benzene rings is 2. The van der Waals surface area contributed by atoms with Crippen LogP contribution in [0.2, 0.25) is 0 Å². The molecule has 0 spiro atoms. The minimum absolute atomic E-state index is 0.0706. The van der Waals surface area contributed by atoms with Gasteiger partial charge in [0.25, 0.3) is 0 Å². The topological polar surface area (TPSA) is 63.9 Å². The van der Waals surface area contributed by atoms with Crippen LogP contribution < -0.4 is 9.47 Å². The molecule has 0 bridgehead atoms. The molecular formula is C26H26F6N2O4. The highest BCUT2D eigenvalue weighted by molar-refractivity contribution is 5.80. The molecule has 6 nitrogen and oxygen atoms in total. The Morgan fingerprint density at radius 3 is 2.05 bits per heavy atom. The highest BCUT2D eigenvalue weighted by atomic mass is 19.4. The van der Waals surface area contributed by atoms with Crippen LogP contribution in [0.3, 0.4) is 0 Å². The predicted octanol–water partition coefficient (Wildman–Crippen LogP) is 6.63. The zero-order valence-electron chi connectivity index (χ0n) is 20.9. The Labute approximate surface area is 215 Å². The number of nitrogens with zero attached hydrogens (tertiary/aromatic N) is 2. The zero-order chi connectivity index (χ0) is 28.5. The summed E-state index contributed by atoms with van der Waals surface area (Å²) < 4.78 is 91.1. The molecule has 0 aliphatic carbocycles. The van der Waals surface area contributed by atoms with E-state index in [4.69, 9.17) is 4.74 Å². The lowest BCUT2D eigenvalue weighted by atomic mass is 10.0. The van der Waals surface area contributed by atoms with Gasteiger partial charge in [-0.3, -0.25) is 0 Å². The van der Waals surface area contributed by atoms with Crippen molar-refractivity contribution in [2.24, 2.45) is 0 Å². The second kappa shape index (κ2) is 10.6. The summed E-state index contributed by atoms with van der Waals surface area (Å²) in [6, 6.07) is 12.4. The summed E-state index contributed by atoms with van der Waals surface area (Å²) in [5.74, 6) is -1.02. The normalized spacial score (nSPS) is 12.4. The number of amides is 1. The van der Waals surface area contributed by atoms with Crippen LogP contribution in [-0.2, 0) is 12.7 Å². The third-order valence-corrected chi connectivity index (χ3v) is 6.04. The number of likely N-dealkylation sites (N-methyl/N-ethyl adjacent to an activating group) is 1. The average Bonchev–Trinajstić information content (AvgIpc) is 3.09. The molecule has 0 atom stereocenters. The number of hydrogen-bond donors (Lipinski definition) is 1. The van der Waals surface area contributed by atoms with Crippen LogP contribution in [0, 0.1) is 6.92 Å². The van der Waals surface area contributed by atoms with Crippen molar-refractivity contribution in [3.05, 3.63) is 71.4 Å². The van der Waals surface area contributed by atoms with Crippen molar-refractivity contribution in [3.63, 3.8) is 0 Å². The lowest BCUT2D eigenvalue weighted by Crippen LogP contribution is -2.49. The van der Waals surface area contributed by atoms with Gasteiger partial charge in [-0.2, -0.15) is 13.2 Å². The molecule has 0 saturated carbocycles. The van der Waals surface area contributed by atoms with Crippen LogP contribution in [0.5, 0.6) is 11.6 Å². The fourth-order valence-electron chi connectivity index (χ4n) is 3.77. The summed E-state index contributed by atoms with van der Waals surface area (Å²) in [4.78, 5) is 14.1. The molecular weight excluding hydrogens is 518 g/mol. The minimum atomic E-state index is -4.95. The third kappa shape index (κ3) is 6.42. The van der Waals surface area contributed by atoms with Gasteiger partial charge in [-0.15, -0.1) is 13.2 Å². The van der Waals surface area contributed by atoms with E-state index >= 15 is 0 Å². The standard InChI is InChI=1S/C26H26F6N2O4/c1-16-20(18-10-12-19(13-11-18)38-26(30,31)32)22(37-23(36)33(4)24(2,3)15-35)34(21(16)25(27,28)29)14-17-8-6-5-7-9-17/h5-13,35H,14-15H2,1-4H3. The lowest BCUT2D eigenvalue weighted by Gasteiger charge is -2.33. The van der Waals surface area contributed by atoms with Crippen LogP contribution in [0.25, 0.3) is 11.1 Å². The SMILES string of the molecule is Cc1c(-c2ccc(OC(F)(F)F)cc2)c(OC(=O)N(C)C(C)(C)CO)n(Cc2ccccc2)c1C(F)(F)F. The van der Waals surface area contributed by atoms with Crippen molar-refractivity contribution >= 4 is 6.09 Å². The Morgan fingerprint density at radius 1 is 0.974 bits per heavy atom. The molecule has 0 radical (unpaired) electrons. The van der Waals surface area contributed by atoms with Crippen molar-refractivity contribution < 1.29 is 45.7 Å². The molecule has 0 saturated heterocycles. The molecule has 2 aromatic carbocycles. The number of aliphatic hydroxyl groups is 1. The first kappa shape index (κ1) is 28.9. The van der Waals surface area contributed by atoms with Crippen LogP contribution >= 0.6 is 0 Å². The summed E-state index contributed by atoms with van der Waals surface area (Å²) in [6.45, 7) is 3.48. The fraction of sp³-hybridized carbons (Fsp3) is 0.346. The molecule has 206 valence electrons. The van der Waals surface area contributed by atoms with Gasteiger partial charge in [0.1, 0.15) is 11.4 Å². The quantitative estimate of drug-likeness (QED) is 0.339. The largest absolute Gasteiger partial charge is 0.573 e. The monoisotopic (exact) mass is 544 g/mol. The zero-order valence-corrected chi connectivity index (χ0v) is 20.9. The van der Waals surface area contributed by atoms with E-state index in [1.165, 1.54) is 27.8 Å². The second-order valence-corrected chi connectivity index (χ2v) is 9.19. The first-order valence-electron chi connectivity index (χ1n) is 11.3. The Morgan fingerprint density at radius 2 is 1.55 bits per heavy atom. The number of halogens is 6. The van der Waals surface area contributed by atoms with Crippen LogP contribution in [-0.4, -0.2) is 46.2 Å².